The van der Waals surface area contributed by atoms with Gasteiger partial charge in [0.15, 0.2) is 5.60 Å². The van der Waals surface area contributed by atoms with Gasteiger partial charge in [-0.25, -0.2) is 4.79 Å². The Hall–Kier alpha value is -2.99. The van der Waals surface area contributed by atoms with Gasteiger partial charge >= 0.3 is 5.97 Å². The average Bonchev–Trinajstić information content (AvgIpc) is 2.75. The first-order valence-corrected chi connectivity index (χ1v) is 10.1. The van der Waals surface area contributed by atoms with E-state index in [9.17, 15) is 14.9 Å². The molecular weight excluding hydrogens is 382 g/mol. The number of carbonyl (C=O) groups excluding carboxylic acids is 1. The lowest BCUT2D eigenvalue weighted by Crippen LogP contribution is -2.39. The summed E-state index contributed by atoms with van der Waals surface area (Å²) < 4.78 is 11.3. The molecule has 0 radical (unpaired) electrons. The lowest BCUT2D eigenvalue weighted by molar-refractivity contribution is -0.501. The van der Waals surface area contributed by atoms with Crippen LogP contribution in [0.15, 0.2) is 72.8 Å². The molecule has 0 heterocycles. The van der Waals surface area contributed by atoms with Crippen LogP contribution in [0.2, 0.25) is 0 Å². The molecule has 30 heavy (non-hydrogen) atoms. The van der Waals surface area contributed by atoms with Crippen LogP contribution in [0.25, 0.3) is 0 Å². The second-order valence-electron chi connectivity index (χ2n) is 7.23. The Labute approximate surface area is 177 Å². The molecule has 2 rings (SSSR count). The maximum Gasteiger partial charge on any atom is 0.333 e. The van der Waals surface area contributed by atoms with Crippen molar-refractivity contribution < 1.29 is 19.2 Å². The molecule has 0 saturated heterocycles. The predicted octanol–water partition coefficient (Wildman–Crippen LogP) is 4.90. The van der Waals surface area contributed by atoms with E-state index in [4.69, 9.17) is 9.47 Å². The largest absolute Gasteiger partial charge is 0.462 e. The van der Waals surface area contributed by atoms with Gasteiger partial charge in [-0.1, -0.05) is 73.7 Å². The molecule has 0 N–H and O–H groups in total. The number of carbonyl (C=O) groups is 1. The van der Waals surface area contributed by atoms with E-state index in [1.165, 1.54) is 0 Å². The summed E-state index contributed by atoms with van der Waals surface area (Å²) in [4.78, 5) is 22.6. The van der Waals surface area contributed by atoms with Crippen LogP contribution in [0.5, 0.6) is 0 Å². The van der Waals surface area contributed by atoms with Crippen LogP contribution >= 0.6 is 0 Å². The number of ether oxygens (including phenoxy) is 2. The molecule has 0 fully saturated rings. The Morgan fingerprint density at radius 2 is 1.43 bits per heavy atom. The number of nitrogens with zero attached hydrogens (tertiary/aromatic N) is 1. The van der Waals surface area contributed by atoms with E-state index in [1.54, 1.807) is 6.92 Å². The van der Waals surface area contributed by atoms with Gasteiger partial charge in [0, 0.05) is 17.1 Å². The second kappa shape index (κ2) is 11.9. The lowest BCUT2D eigenvalue weighted by atomic mass is 9.86. The summed E-state index contributed by atoms with van der Waals surface area (Å²) in [6.07, 6.45) is 3.28. The Morgan fingerprint density at radius 3 is 1.90 bits per heavy atom. The summed E-state index contributed by atoms with van der Waals surface area (Å²) in [7, 11) is 0. The number of esters is 1. The number of nitro groups is 1. The molecule has 160 valence electrons. The number of unbranched alkanes of at least 4 members (excludes halogenated alkanes) is 3. The van der Waals surface area contributed by atoms with Crippen LogP contribution in [0, 0.1) is 10.1 Å². The van der Waals surface area contributed by atoms with Crippen LogP contribution in [0.1, 0.15) is 43.7 Å². The van der Waals surface area contributed by atoms with Gasteiger partial charge in [0.1, 0.15) is 0 Å². The van der Waals surface area contributed by atoms with Crippen molar-refractivity contribution in [3.63, 3.8) is 0 Å². The first-order chi connectivity index (χ1) is 14.5. The van der Waals surface area contributed by atoms with Gasteiger partial charge in [-0.05, 0) is 37.3 Å². The standard InChI is InChI=1S/C24H29NO5/c1-20(2)23(26)29-17-11-3-4-12-18-30-24(19-25(27)28,21-13-7-5-8-14-21)22-15-9-6-10-16-22/h5-10,13-16H,1,3-4,11-12,17-19H2,2H3. The molecule has 0 saturated carbocycles. The summed E-state index contributed by atoms with van der Waals surface area (Å²) in [6, 6.07) is 18.7. The van der Waals surface area contributed by atoms with Crippen LogP contribution in [-0.4, -0.2) is 30.7 Å². The minimum absolute atomic E-state index is 0.323. The Bertz CT molecular complexity index is 781. The fourth-order valence-electron chi connectivity index (χ4n) is 3.25. The van der Waals surface area contributed by atoms with Crippen molar-refractivity contribution in [2.24, 2.45) is 0 Å². The van der Waals surface area contributed by atoms with Gasteiger partial charge in [0.25, 0.3) is 0 Å². The first kappa shape index (κ1) is 23.3. The summed E-state index contributed by atoms with van der Waals surface area (Å²) in [6.45, 7) is 5.58. The molecule has 0 atom stereocenters. The highest BCUT2D eigenvalue weighted by Crippen LogP contribution is 2.34. The summed E-state index contributed by atoms with van der Waals surface area (Å²) >= 11 is 0. The van der Waals surface area contributed by atoms with Gasteiger partial charge < -0.3 is 9.47 Å². The van der Waals surface area contributed by atoms with Crippen molar-refractivity contribution in [2.75, 3.05) is 19.8 Å². The molecule has 0 aliphatic heterocycles. The molecule has 2 aromatic rings. The summed E-state index contributed by atoms with van der Waals surface area (Å²) in [5, 5.41) is 11.5. The molecule has 0 aromatic heterocycles. The summed E-state index contributed by atoms with van der Waals surface area (Å²) in [5.41, 5.74) is 0.787. The first-order valence-electron chi connectivity index (χ1n) is 10.1. The maximum absolute atomic E-state index is 11.5. The van der Waals surface area contributed by atoms with Crippen LogP contribution < -0.4 is 0 Å². The Kier molecular flexibility index (Phi) is 9.22. The van der Waals surface area contributed by atoms with Crippen molar-refractivity contribution in [1.82, 2.24) is 0 Å². The zero-order valence-corrected chi connectivity index (χ0v) is 17.4. The predicted molar refractivity (Wildman–Crippen MR) is 116 cm³/mol. The number of hydrogen-bond acceptors (Lipinski definition) is 5. The highest BCUT2D eigenvalue weighted by atomic mass is 16.6. The third kappa shape index (κ3) is 6.81. The molecule has 0 aliphatic carbocycles. The molecule has 2 aromatic carbocycles. The molecule has 0 amide bonds. The molecule has 0 spiro atoms. The van der Waals surface area contributed by atoms with Crippen LogP contribution in [-0.2, 0) is 19.9 Å². The van der Waals surface area contributed by atoms with E-state index in [0.29, 0.717) is 18.8 Å². The fraction of sp³-hybridized carbons (Fsp3) is 0.375. The topological polar surface area (TPSA) is 78.7 Å². The van der Waals surface area contributed by atoms with Gasteiger partial charge in [-0.3, -0.25) is 10.1 Å². The van der Waals surface area contributed by atoms with Crippen LogP contribution in [0.4, 0.5) is 0 Å². The average molecular weight is 411 g/mol. The molecular formula is C24H29NO5. The maximum atomic E-state index is 11.5. The van der Waals surface area contributed by atoms with Gasteiger partial charge in [-0.2, -0.15) is 0 Å². The number of rotatable bonds is 13. The highest BCUT2D eigenvalue weighted by molar-refractivity contribution is 5.86. The quantitative estimate of drug-likeness (QED) is 0.154. The SMILES string of the molecule is C=C(C)C(=O)OCCCCCCOC(C[N+](=O)[O-])(c1ccccc1)c1ccccc1. The zero-order chi connectivity index (χ0) is 21.8. The Balaban J connectivity index is 1.98. The van der Waals surface area contributed by atoms with Crippen LogP contribution in [0.3, 0.4) is 0 Å². The number of hydrogen-bond donors (Lipinski definition) is 0. The smallest absolute Gasteiger partial charge is 0.333 e. The Morgan fingerprint density at radius 1 is 0.933 bits per heavy atom. The second-order valence-corrected chi connectivity index (χ2v) is 7.23. The minimum Gasteiger partial charge on any atom is -0.462 e. The lowest BCUT2D eigenvalue weighted by Gasteiger charge is -2.31. The van der Waals surface area contributed by atoms with E-state index in [-0.39, 0.29) is 17.4 Å². The van der Waals surface area contributed by atoms with E-state index in [0.717, 1.165) is 36.8 Å². The minimum atomic E-state index is -1.14. The fourth-order valence-corrected chi connectivity index (χ4v) is 3.25. The normalized spacial score (nSPS) is 11.1. The van der Waals surface area contributed by atoms with Crippen molar-refractivity contribution >= 4 is 5.97 Å². The monoisotopic (exact) mass is 411 g/mol. The van der Waals surface area contributed by atoms with Crippen molar-refractivity contribution in [1.29, 1.82) is 0 Å². The van der Waals surface area contributed by atoms with E-state index < -0.39 is 5.60 Å². The van der Waals surface area contributed by atoms with Crippen molar-refractivity contribution in [3.8, 4) is 0 Å². The zero-order valence-electron chi connectivity index (χ0n) is 17.4. The van der Waals surface area contributed by atoms with E-state index in [1.807, 2.05) is 60.7 Å². The third-order valence-corrected chi connectivity index (χ3v) is 4.80. The molecule has 0 bridgehead atoms. The molecule has 0 aliphatic rings. The van der Waals surface area contributed by atoms with Crippen molar-refractivity contribution in [2.45, 2.75) is 38.2 Å². The number of benzene rings is 2. The summed E-state index contributed by atoms with van der Waals surface area (Å²) in [5.74, 6) is -0.367. The molecule has 6 nitrogen and oxygen atoms in total. The third-order valence-electron chi connectivity index (χ3n) is 4.80. The van der Waals surface area contributed by atoms with E-state index >= 15 is 0 Å². The van der Waals surface area contributed by atoms with Crippen molar-refractivity contribution in [3.05, 3.63) is 94.1 Å². The van der Waals surface area contributed by atoms with E-state index in [2.05, 4.69) is 6.58 Å². The van der Waals surface area contributed by atoms with Gasteiger partial charge in [0.05, 0.1) is 6.61 Å². The highest BCUT2D eigenvalue weighted by Gasteiger charge is 2.40. The molecule has 0 unspecified atom stereocenters. The van der Waals surface area contributed by atoms with Gasteiger partial charge in [-0.15, -0.1) is 0 Å². The van der Waals surface area contributed by atoms with Gasteiger partial charge in [0.2, 0.25) is 6.54 Å². The molecule has 6 heteroatoms.